The van der Waals surface area contributed by atoms with Gasteiger partial charge in [0, 0.05) is 5.39 Å². The molecule has 0 saturated heterocycles. The summed E-state index contributed by atoms with van der Waals surface area (Å²) >= 11 is 0. The number of benzene rings is 1. The van der Waals surface area contributed by atoms with Crippen LogP contribution in [0.4, 0.5) is 0 Å². The molecule has 1 heterocycles. The van der Waals surface area contributed by atoms with Gasteiger partial charge < -0.3 is 9.52 Å². The third-order valence-electron chi connectivity index (χ3n) is 3.78. The Hall–Kier alpha value is -1.28. The van der Waals surface area contributed by atoms with E-state index in [9.17, 15) is 5.11 Å². The second-order valence-electron chi connectivity index (χ2n) is 7.88. The van der Waals surface area contributed by atoms with Gasteiger partial charge in [-0.1, -0.05) is 47.6 Å². The highest BCUT2D eigenvalue weighted by Gasteiger charge is 2.27. The van der Waals surface area contributed by atoms with E-state index >= 15 is 0 Å². The SMILES string of the molecule is Cc1cc(C(C)(C)C)cc2cc(C(O)C(C)(C)C)oc12. The summed E-state index contributed by atoms with van der Waals surface area (Å²) in [6.45, 7) is 14.7. The fourth-order valence-electron chi connectivity index (χ4n) is 2.34. The molecule has 2 heteroatoms. The number of aliphatic hydroxyl groups is 1. The molecule has 1 unspecified atom stereocenters. The van der Waals surface area contributed by atoms with Gasteiger partial charge in [-0.2, -0.15) is 0 Å². The van der Waals surface area contributed by atoms with Crippen LogP contribution in [0.3, 0.4) is 0 Å². The highest BCUT2D eigenvalue weighted by molar-refractivity contribution is 5.82. The van der Waals surface area contributed by atoms with Crippen molar-refractivity contribution in [1.29, 1.82) is 0 Å². The lowest BCUT2D eigenvalue weighted by Gasteiger charge is -2.23. The van der Waals surface area contributed by atoms with Crippen LogP contribution in [-0.4, -0.2) is 5.11 Å². The first kappa shape index (κ1) is 15.1. The van der Waals surface area contributed by atoms with E-state index in [1.807, 2.05) is 26.8 Å². The highest BCUT2D eigenvalue weighted by Crippen LogP contribution is 2.37. The first-order valence-corrected chi connectivity index (χ1v) is 7.23. The zero-order valence-electron chi connectivity index (χ0n) is 13.7. The zero-order chi connectivity index (χ0) is 15.3. The van der Waals surface area contributed by atoms with Crippen LogP contribution >= 0.6 is 0 Å². The van der Waals surface area contributed by atoms with Gasteiger partial charge in [0.2, 0.25) is 0 Å². The number of aryl methyl sites for hydroxylation is 1. The van der Waals surface area contributed by atoms with Crippen molar-refractivity contribution in [1.82, 2.24) is 0 Å². The van der Waals surface area contributed by atoms with Crippen LogP contribution in [0.25, 0.3) is 11.0 Å². The molecule has 110 valence electrons. The van der Waals surface area contributed by atoms with Crippen molar-refractivity contribution in [2.75, 3.05) is 0 Å². The van der Waals surface area contributed by atoms with E-state index in [0.29, 0.717) is 5.76 Å². The summed E-state index contributed by atoms with van der Waals surface area (Å²) in [4.78, 5) is 0. The summed E-state index contributed by atoms with van der Waals surface area (Å²) in [5.41, 5.74) is 3.18. The number of hydrogen-bond donors (Lipinski definition) is 1. The molecule has 1 atom stereocenters. The third-order valence-corrected chi connectivity index (χ3v) is 3.78. The molecule has 2 aromatic rings. The first-order valence-electron chi connectivity index (χ1n) is 7.23. The minimum absolute atomic E-state index is 0.110. The summed E-state index contributed by atoms with van der Waals surface area (Å²) < 4.78 is 5.90. The largest absolute Gasteiger partial charge is 0.458 e. The van der Waals surface area contributed by atoms with E-state index in [1.54, 1.807) is 0 Å². The van der Waals surface area contributed by atoms with Gasteiger partial charge in [0.1, 0.15) is 17.4 Å². The van der Waals surface area contributed by atoms with E-state index in [1.165, 1.54) is 5.56 Å². The van der Waals surface area contributed by atoms with Crippen molar-refractivity contribution in [3.63, 3.8) is 0 Å². The lowest BCUT2D eigenvalue weighted by Crippen LogP contribution is -2.16. The Bertz CT molecular complexity index is 621. The van der Waals surface area contributed by atoms with E-state index < -0.39 is 6.10 Å². The standard InChI is InChI=1S/C18H26O2/c1-11-8-13(17(2,3)4)9-12-10-14(20-15(11)12)16(19)18(5,6)7/h8-10,16,19H,1-7H3. The Balaban J connectivity index is 2.57. The molecular weight excluding hydrogens is 248 g/mol. The topological polar surface area (TPSA) is 33.4 Å². The number of hydrogen-bond acceptors (Lipinski definition) is 2. The van der Waals surface area contributed by atoms with E-state index in [4.69, 9.17) is 4.42 Å². The lowest BCUT2D eigenvalue weighted by molar-refractivity contribution is 0.0448. The first-order chi connectivity index (χ1) is 9.00. The predicted octanol–water partition coefficient (Wildman–Crippen LogP) is 5.12. The van der Waals surface area contributed by atoms with Crippen LogP contribution in [0.15, 0.2) is 22.6 Å². The Labute approximate surface area is 121 Å². The summed E-state index contributed by atoms with van der Waals surface area (Å²) in [7, 11) is 0. The second kappa shape index (κ2) is 4.63. The fraction of sp³-hybridized carbons (Fsp3) is 0.556. The molecule has 0 aliphatic heterocycles. The molecule has 20 heavy (non-hydrogen) atoms. The van der Waals surface area contributed by atoms with Crippen LogP contribution in [-0.2, 0) is 5.41 Å². The molecule has 2 nitrogen and oxygen atoms in total. The number of fused-ring (bicyclic) bond motifs is 1. The van der Waals surface area contributed by atoms with Crippen molar-refractivity contribution in [2.24, 2.45) is 5.41 Å². The van der Waals surface area contributed by atoms with Crippen LogP contribution in [0.1, 0.15) is 64.5 Å². The van der Waals surface area contributed by atoms with Crippen molar-refractivity contribution < 1.29 is 9.52 Å². The van der Waals surface area contributed by atoms with E-state index in [0.717, 1.165) is 16.5 Å². The molecule has 2 rings (SSSR count). The summed E-state index contributed by atoms with van der Waals surface area (Å²) in [5, 5.41) is 11.5. The van der Waals surface area contributed by atoms with Crippen molar-refractivity contribution in [3.05, 3.63) is 35.1 Å². The van der Waals surface area contributed by atoms with Crippen LogP contribution in [0, 0.1) is 12.3 Å². The second-order valence-corrected chi connectivity index (χ2v) is 7.88. The summed E-state index contributed by atoms with van der Waals surface area (Å²) in [6, 6.07) is 6.33. The molecule has 0 aliphatic carbocycles. The molecule has 1 aromatic carbocycles. The third kappa shape index (κ3) is 2.76. The molecule has 1 aromatic heterocycles. The summed E-state index contributed by atoms with van der Waals surface area (Å²) in [5.74, 6) is 0.654. The Morgan fingerprint density at radius 3 is 2.10 bits per heavy atom. The normalized spacial score (nSPS) is 14.8. The molecule has 0 spiro atoms. The molecular formula is C18H26O2. The molecule has 0 saturated carbocycles. The summed E-state index contributed by atoms with van der Waals surface area (Å²) in [6.07, 6.45) is -0.590. The number of rotatable bonds is 1. The average molecular weight is 274 g/mol. The number of furan rings is 1. The van der Waals surface area contributed by atoms with Crippen LogP contribution in [0.2, 0.25) is 0 Å². The van der Waals surface area contributed by atoms with Gasteiger partial charge in [0.05, 0.1) is 0 Å². The molecule has 1 N–H and O–H groups in total. The molecule has 0 fully saturated rings. The molecule has 0 aliphatic rings. The Kier molecular flexibility index (Phi) is 3.50. The maximum absolute atomic E-state index is 10.4. The predicted molar refractivity (Wildman–Crippen MR) is 84.1 cm³/mol. The average Bonchev–Trinajstić information content (AvgIpc) is 2.69. The van der Waals surface area contributed by atoms with Gasteiger partial charge in [-0.25, -0.2) is 0 Å². The lowest BCUT2D eigenvalue weighted by atomic mass is 9.85. The van der Waals surface area contributed by atoms with Crippen molar-refractivity contribution in [3.8, 4) is 0 Å². The maximum Gasteiger partial charge on any atom is 0.137 e. The van der Waals surface area contributed by atoms with Gasteiger partial charge in [-0.15, -0.1) is 0 Å². The van der Waals surface area contributed by atoms with Gasteiger partial charge in [-0.05, 0) is 41.0 Å². The van der Waals surface area contributed by atoms with Crippen LogP contribution < -0.4 is 0 Å². The minimum Gasteiger partial charge on any atom is -0.458 e. The quantitative estimate of drug-likeness (QED) is 0.783. The smallest absolute Gasteiger partial charge is 0.137 e. The Morgan fingerprint density at radius 1 is 1.00 bits per heavy atom. The van der Waals surface area contributed by atoms with E-state index in [2.05, 4.69) is 39.8 Å². The molecule has 0 amide bonds. The maximum atomic E-state index is 10.4. The fourth-order valence-corrected chi connectivity index (χ4v) is 2.34. The molecule has 0 bridgehead atoms. The van der Waals surface area contributed by atoms with Gasteiger partial charge in [0.15, 0.2) is 0 Å². The minimum atomic E-state index is -0.590. The van der Waals surface area contributed by atoms with Crippen LogP contribution in [0.5, 0.6) is 0 Å². The number of aliphatic hydroxyl groups excluding tert-OH is 1. The van der Waals surface area contributed by atoms with Gasteiger partial charge >= 0.3 is 0 Å². The Morgan fingerprint density at radius 2 is 1.60 bits per heavy atom. The zero-order valence-corrected chi connectivity index (χ0v) is 13.7. The van der Waals surface area contributed by atoms with Crippen molar-refractivity contribution >= 4 is 11.0 Å². The highest BCUT2D eigenvalue weighted by atomic mass is 16.4. The monoisotopic (exact) mass is 274 g/mol. The van der Waals surface area contributed by atoms with E-state index in [-0.39, 0.29) is 10.8 Å². The van der Waals surface area contributed by atoms with Gasteiger partial charge in [0.25, 0.3) is 0 Å². The van der Waals surface area contributed by atoms with Gasteiger partial charge in [-0.3, -0.25) is 0 Å². The molecule has 0 radical (unpaired) electrons. The van der Waals surface area contributed by atoms with Crippen molar-refractivity contribution in [2.45, 2.75) is 60.0 Å².